The zero-order chi connectivity index (χ0) is 11.5. The van der Waals surface area contributed by atoms with Crippen LogP contribution in [0.25, 0.3) is 0 Å². The van der Waals surface area contributed by atoms with Crippen LogP contribution in [0, 0.1) is 0 Å². The summed E-state index contributed by atoms with van der Waals surface area (Å²) in [7, 11) is 1.65. The van der Waals surface area contributed by atoms with Gasteiger partial charge in [0.15, 0.2) is 0 Å². The first-order chi connectivity index (χ1) is 7.72. The monoisotopic (exact) mass is 219 g/mol. The van der Waals surface area contributed by atoms with E-state index < -0.39 is 0 Å². The van der Waals surface area contributed by atoms with Gasteiger partial charge in [0.2, 0.25) is 5.91 Å². The molecule has 0 saturated carbocycles. The van der Waals surface area contributed by atoms with E-state index in [-0.39, 0.29) is 18.0 Å². The lowest BCUT2D eigenvalue weighted by Crippen LogP contribution is -2.42. The molecular weight excluding hydrogens is 202 g/mol. The molecule has 1 heterocycles. The smallest absolute Gasteiger partial charge is 0.236 e. The lowest BCUT2D eigenvalue weighted by atomic mass is 10.2. The first-order valence-corrected chi connectivity index (χ1v) is 5.64. The maximum absolute atomic E-state index is 11.4. The summed E-state index contributed by atoms with van der Waals surface area (Å²) in [6, 6.07) is 4.10. The van der Waals surface area contributed by atoms with Crippen molar-refractivity contribution in [2.75, 3.05) is 7.05 Å². The fourth-order valence-corrected chi connectivity index (χ4v) is 2.17. The SMILES string of the molecule is CNC(=O)C(C)NC1CCc2cccnc21. The summed E-state index contributed by atoms with van der Waals surface area (Å²) in [6.07, 6.45) is 3.87. The number of hydrogen-bond donors (Lipinski definition) is 2. The summed E-state index contributed by atoms with van der Waals surface area (Å²) < 4.78 is 0. The van der Waals surface area contributed by atoms with E-state index in [0.717, 1.165) is 18.5 Å². The lowest BCUT2D eigenvalue weighted by Gasteiger charge is -2.18. The topological polar surface area (TPSA) is 54.0 Å². The minimum atomic E-state index is -0.178. The van der Waals surface area contributed by atoms with E-state index in [9.17, 15) is 4.79 Å². The number of rotatable bonds is 3. The molecule has 2 rings (SSSR count). The van der Waals surface area contributed by atoms with Gasteiger partial charge in [0, 0.05) is 13.2 Å². The van der Waals surface area contributed by atoms with Crippen LogP contribution in [-0.4, -0.2) is 24.0 Å². The van der Waals surface area contributed by atoms with Crippen molar-refractivity contribution in [3.05, 3.63) is 29.6 Å². The maximum Gasteiger partial charge on any atom is 0.236 e. The molecule has 0 aliphatic heterocycles. The Balaban J connectivity index is 2.06. The number of amides is 1. The van der Waals surface area contributed by atoms with Crippen LogP contribution >= 0.6 is 0 Å². The Labute approximate surface area is 95.5 Å². The number of fused-ring (bicyclic) bond motifs is 1. The molecule has 0 bridgehead atoms. The van der Waals surface area contributed by atoms with Crippen LogP contribution in [0.15, 0.2) is 18.3 Å². The number of aryl methyl sites for hydroxylation is 1. The molecule has 1 aliphatic rings. The molecule has 0 spiro atoms. The molecule has 1 aliphatic carbocycles. The zero-order valence-electron chi connectivity index (χ0n) is 9.66. The van der Waals surface area contributed by atoms with Gasteiger partial charge in [0.1, 0.15) is 0 Å². The average Bonchev–Trinajstić information content (AvgIpc) is 2.72. The van der Waals surface area contributed by atoms with Crippen molar-refractivity contribution in [3.8, 4) is 0 Å². The van der Waals surface area contributed by atoms with Gasteiger partial charge < -0.3 is 5.32 Å². The van der Waals surface area contributed by atoms with Crippen molar-refractivity contribution in [2.24, 2.45) is 0 Å². The number of likely N-dealkylation sites (N-methyl/N-ethyl adjacent to an activating group) is 1. The highest BCUT2D eigenvalue weighted by atomic mass is 16.2. The fourth-order valence-electron chi connectivity index (χ4n) is 2.17. The molecule has 0 saturated heterocycles. The summed E-state index contributed by atoms with van der Waals surface area (Å²) in [5.74, 6) is 0.0179. The number of nitrogens with one attached hydrogen (secondary N) is 2. The molecule has 2 N–H and O–H groups in total. The van der Waals surface area contributed by atoms with E-state index in [1.54, 1.807) is 7.05 Å². The highest BCUT2D eigenvalue weighted by molar-refractivity contribution is 5.81. The molecular formula is C12H17N3O. The summed E-state index contributed by atoms with van der Waals surface area (Å²) in [5, 5.41) is 5.95. The summed E-state index contributed by atoms with van der Waals surface area (Å²) >= 11 is 0. The van der Waals surface area contributed by atoms with Crippen molar-refractivity contribution in [1.82, 2.24) is 15.6 Å². The third-order valence-electron chi connectivity index (χ3n) is 3.05. The van der Waals surface area contributed by atoms with Gasteiger partial charge in [-0.15, -0.1) is 0 Å². The van der Waals surface area contributed by atoms with Gasteiger partial charge in [-0.3, -0.25) is 15.1 Å². The van der Waals surface area contributed by atoms with Gasteiger partial charge in [-0.05, 0) is 31.4 Å². The molecule has 2 atom stereocenters. The van der Waals surface area contributed by atoms with Crippen LogP contribution in [-0.2, 0) is 11.2 Å². The highest BCUT2D eigenvalue weighted by Gasteiger charge is 2.26. The molecule has 86 valence electrons. The van der Waals surface area contributed by atoms with Gasteiger partial charge in [-0.1, -0.05) is 6.07 Å². The Kier molecular flexibility index (Phi) is 3.19. The molecule has 0 aromatic carbocycles. The van der Waals surface area contributed by atoms with Crippen LogP contribution < -0.4 is 10.6 Å². The van der Waals surface area contributed by atoms with Crippen molar-refractivity contribution in [1.29, 1.82) is 0 Å². The van der Waals surface area contributed by atoms with Gasteiger partial charge >= 0.3 is 0 Å². The van der Waals surface area contributed by atoms with Gasteiger partial charge in [0.25, 0.3) is 0 Å². The van der Waals surface area contributed by atoms with Crippen LogP contribution in [0.5, 0.6) is 0 Å². The highest BCUT2D eigenvalue weighted by Crippen LogP contribution is 2.28. The Hall–Kier alpha value is -1.42. The third-order valence-corrected chi connectivity index (χ3v) is 3.05. The molecule has 1 aromatic heterocycles. The number of carbonyl (C=O) groups excluding carboxylic acids is 1. The van der Waals surface area contributed by atoms with E-state index in [2.05, 4.69) is 21.7 Å². The number of aromatic nitrogens is 1. The van der Waals surface area contributed by atoms with E-state index in [4.69, 9.17) is 0 Å². The summed E-state index contributed by atoms with van der Waals surface area (Å²) in [6.45, 7) is 1.87. The van der Waals surface area contributed by atoms with E-state index in [1.165, 1.54) is 5.56 Å². The Morgan fingerprint density at radius 2 is 2.44 bits per heavy atom. The second-order valence-electron chi connectivity index (χ2n) is 4.14. The zero-order valence-corrected chi connectivity index (χ0v) is 9.66. The van der Waals surface area contributed by atoms with E-state index in [0.29, 0.717) is 0 Å². The standard InChI is InChI=1S/C12H17N3O/c1-8(12(16)13-2)15-10-6-5-9-4-3-7-14-11(9)10/h3-4,7-8,10,15H,5-6H2,1-2H3,(H,13,16). The van der Waals surface area contributed by atoms with E-state index >= 15 is 0 Å². The minimum absolute atomic E-state index is 0.0179. The molecule has 0 radical (unpaired) electrons. The first-order valence-electron chi connectivity index (χ1n) is 5.64. The van der Waals surface area contributed by atoms with Gasteiger partial charge in [0.05, 0.1) is 17.8 Å². The Morgan fingerprint density at radius 3 is 3.19 bits per heavy atom. The predicted molar refractivity (Wildman–Crippen MR) is 62.0 cm³/mol. The first kappa shape index (κ1) is 11.1. The van der Waals surface area contributed by atoms with Crippen LogP contribution in [0.1, 0.15) is 30.6 Å². The largest absolute Gasteiger partial charge is 0.358 e. The van der Waals surface area contributed by atoms with E-state index in [1.807, 2.05) is 19.2 Å². The van der Waals surface area contributed by atoms with Crippen molar-refractivity contribution >= 4 is 5.91 Å². The quantitative estimate of drug-likeness (QED) is 0.790. The lowest BCUT2D eigenvalue weighted by molar-refractivity contribution is -0.122. The van der Waals surface area contributed by atoms with Crippen molar-refractivity contribution in [2.45, 2.75) is 31.8 Å². The van der Waals surface area contributed by atoms with Crippen molar-refractivity contribution in [3.63, 3.8) is 0 Å². The summed E-state index contributed by atoms with van der Waals surface area (Å²) in [4.78, 5) is 15.8. The maximum atomic E-state index is 11.4. The summed E-state index contributed by atoms with van der Waals surface area (Å²) in [5.41, 5.74) is 2.39. The van der Waals surface area contributed by atoms with Crippen LogP contribution in [0.3, 0.4) is 0 Å². The number of carbonyl (C=O) groups is 1. The number of nitrogens with zero attached hydrogens (tertiary/aromatic N) is 1. The predicted octanol–water partition coefficient (Wildman–Crippen LogP) is 0.793. The molecule has 4 nitrogen and oxygen atoms in total. The number of pyridine rings is 1. The fraction of sp³-hybridized carbons (Fsp3) is 0.500. The normalized spacial score (nSPS) is 20.2. The molecule has 1 aromatic rings. The molecule has 16 heavy (non-hydrogen) atoms. The minimum Gasteiger partial charge on any atom is -0.358 e. The average molecular weight is 219 g/mol. The van der Waals surface area contributed by atoms with Crippen LogP contribution in [0.4, 0.5) is 0 Å². The Bertz CT molecular complexity index is 392. The van der Waals surface area contributed by atoms with Gasteiger partial charge in [-0.25, -0.2) is 0 Å². The third kappa shape index (κ3) is 2.07. The van der Waals surface area contributed by atoms with Crippen molar-refractivity contribution < 1.29 is 4.79 Å². The number of hydrogen-bond acceptors (Lipinski definition) is 3. The molecule has 2 unspecified atom stereocenters. The molecule has 4 heteroatoms. The van der Waals surface area contributed by atoms with Crippen LogP contribution in [0.2, 0.25) is 0 Å². The molecule has 0 fully saturated rings. The Morgan fingerprint density at radius 1 is 1.62 bits per heavy atom. The second kappa shape index (κ2) is 4.61. The second-order valence-corrected chi connectivity index (χ2v) is 4.14. The molecule has 1 amide bonds. The van der Waals surface area contributed by atoms with Gasteiger partial charge in [-0.2, -0.15) is 0 Å².